The zero-order valence-corrected chi connectivity index (χ0v) is 10.7. The summed E-state index contributed by atoms with van der Waals surface area (Å²) in [7, 11) is 0. The molecule has 0 atom stereocenters. The summed E-state index contributed by atoms with van der Waals surface area (Å²) in [4.78, 5) is 34.5. The molecule has 0 aliphatic carbocycles. The summed E-state index contributed by atoms with van der Waals surface area (Å²) in [5.74, 6) is -5.02. The van der Waals surface area contributed by atoms with Gasteiger partial charge in [-0.25, -0.2) is 4.79 Å². The van der Waals surface area contributed by atoms with Gasteiger partial charge in [-0.3, -0.25) is 14.6 Å². The van der Waals surface area contributed by atoms with Gasteiger partial charge < -0.3 is 20.4 Å². The third-order valence-corrected chi connectivity index (χ3v) is 2.10. The van der Waals surface area contributed by atoms with E-state index in [-0.39, 0.29) is 0 Å². The minimum absolute atomic E-state index is 1.07. The summed E-state index contributed by atoms with van der Waals surface area (Å²) in [6.45, 7) is 1.97. The van der Waals surface area contributed by atoms with Crippen LogP contribution >= 0.6 is 0 Å². The summed E-state index contributed by atoms with van der Waals surface area (Å²) in [6.07, 6.45) is -0.501. The standard InChI is InChI=1S/C6H7N.C6H8O7/c1-6-4-2-3-5-7-6;7-3(8)1-6(13,5(11)12)2-4(9)10/h2-5H,1H3;13H,1-2H2,(H,7,8)(H,9,10)(H,11,12). The average Bonchev–Trinajstić information content (AvgIpc) is 2.28. The van der Waals surface area contributed by atoms with Crippen LogP contribution in [0.5, 0.6) is 0 Å². The number of aromatic nitrogens is 1. The van der Waals surface area contributed by atoms with Crippen LogP contribution in [0.4, 0.5) is 0 Å². The van der Waals surface area contributed by atoms with Gasteiger partial charge in [-0.1, -0.05) is 6.07 Å². The summed E-state index contributed by atoms with van der Waals surface area (Å²) in [5, 5.41) is 33.8. The highest BCUT2D eigenvalue weighted by Crippen LogP contribution is 2.15. The number of carboxylic acids is 3. The van der Waals surface area contributed by atoms with Crippen LogP contribution in [0.2, 0.25) is 0 Å². The smallest absolute Gasteiger partial charge is 0.336 e. The molecule has 0 radical (unpaired) electrons. The maximum Gasteiger partial charge on any atom is 0.336 e. The van der Waals surface area contributed by atoms with Crippen molar-refractivity contribution in [1.29, 1.82) is 0 Å². The lowest BCUT2D eigenvalue weighted by molar-refractivity contribution is -0.170. The van der Waals surface area contributed by atoms with Gasteiger partial charge in [0.05, 0.1) is 12.8 Å². The molecule has 4 N–H and O–H groups in total. The van der Waals surface area contributed by atoms with Crippen LogP contribution in [0.25, 0.3) is 0 Å². The molecular weight excluding hydrogens is 270 g/mol. The predicted molar refractivity (Wildman–Crippen MR) is 66.1 cm³/mol. The van der Waals surface area contributed by atoms with Gasteiger partial charge in [-0.05, 0) is 19.1 Å². The second-order valence-corrected chi connectivity index (χ2v) is 3.95. The third-order valence-electron chi connectivity index (χ3n) is 2.10. The minimum Gasteiger partial charge on any atom is -0.481 e. The van der Waals surface area contributed by atoms with Gasteiger partial charge >= 0.3 is 17.9 Å². The Morgan fingerprint density at radius 2 is 1.60 bits per heavy atom. The first-order valence-electron chi connectivity index (χ1n) is 5.44. The van der Waals surface area contributed by atoms with Crippen molar-refractivity contribution >= 4 is 17.9 Å². The number of carbonyl (C=O) groups is 3. The van der Waals surface area contributed by atoms with Gasteiger partial charge in [-0.2, -0.15) is 0 Å². The monoisotopic (exact) mass is 285 g/mol. The molecule has 0 saturated heterocycles. The fourth-order valence-electron chi connectivity index (χ4n) is 1.16. The Bertz CT molecular complexity index is 456. The molecule has 110 valence electrons. The molecule has 0 unspecified atom stereocenters. The fourth-order valence-corrected chi connectivity index (χ4v) is 1.16. The second-order valence-electron chi connectivity index (χ2n) is 3.95. The van der Waals surface area contributed by atoms with Crippen molar-refractivity contribution in [3.63, 3.8) is 0 Å². The number of aliphatic carboxylic acids is 3. The first kappa shape index (κ1) is 17.5. The largest absolute Gasteiger partial charge is 0.481 e. The van der Waals surface area contributed by atoms with Crippen molar-refractivity contribution in [2.45, 2.75) is 25.4 Å². The number of aryl methyl sites for hydroxylation is 1. The van der Waals surface area contributed by atoms with Crippen LogP contribution in [0.1, 0.15) is 18.5 Å². The van der Waals surface area contributed by atoms with Crippen LogP contribution < -0.4 is 0 Å². The van der Waals surface area contributed by atoms with Gasteiger partial charge in [0.15, 0.2) is 5.60 Å². The maximum absolute atomic E-state index is 10.3. The number of carboxylic acid groups (broad SMARTS) is 3. The van der Waals surface area contributed by atoms with E-state index in [1.54, 1.807) is 6.20 Å². The molecule has 1 rings (SSSR count). The van der Waals surface area contributed by atoms with E-state index in [0.29, 0.717) is 0 Å². The Labute approximate surface area is 114 Å². The molecule has 0 spiro atoms. The van der Waals surface area contributed by atoms with Gasteiger partial charge in [0.1, 0.15) is 0 Å². The number of pyridine rings is 1. The van der Waals surface area contributed by atoms with E-state index in [9.17, 15) is 14.4 Å². The highest BCUT2D eigenvalue weighted by molar-refractivity contribution is 5.88. The lowest BCUT2D eigenvalue weighted by Crippen LogP contribution is -2.42. The van der Waals surface area contributed by atoms with Crippen molar-refractivity contribution < 1.29 is 34.8 Å². The third kappa shape index (κ3) is 7.07. The minimum atomic E-state index is -2.74. The van der Waals surface area contributed by atoms with E-state index in [2.05, 4.69) is 4.98 Å². The van der Waals surface area contributed by atoms with E-state index in [0.717, 1.165) is 5.69 Å². The van der Waals surface area contributed by atoms with Crippen molar-refractivity contribution in [3.05, 3.63) is 30.1 Å². The molecule has 1 heterocycles. The molecule has 1 aromatic heterocycles. The van der Waals surface area contributed by atoms with Crippen molar-refractivity contribution in [2.75, 3.05) is 0 Å². The number of rotatable bonds is 5. The molecule has 0 bridgehead atoms. The summed E-state index contributed by atoms with van der Waals surface area (Å²) in [6, 6.07) is 5.86. The van der Waals surface area contributed by atoms with Crippen molar-refractivity contribution in [1.82, 2.24) is 4.98 Å². The molecule has 0 aliphatic heterocycles. The van der Waals surface area contributed by atoms with E-state index in [4.69, 9.17) is 20.4 Å². The van der Waals surface area contributed by atoms with Crippen LogP contribution in [-0.2, 0) is 14.4 Å². The SMILES string of the molecule is Cc1ccccn1.O=C(O)CC(O)(CC(=O)O)C(=O)O. The highest BCUT2D eigenvalue weighted by atomic mass is 16.4. The van der Waals surface area contributed by atoms with Crippen LogP contribution in [0.15, 0.2) is 24.4 Å². The molecule has 0 aliphatic rings. The quantitative estimate of drug-likeness (QED) is 0.597. The van der Waals surface area contributed by atoms with Crippen LogP contribution in [-0.4, -0.2) is 48.9 Å². The average molecular weight is 285 g/mol. The van der Waals surface area contributed by atoms with Crippen LogP contribution in [0.3, 0.4) is 0 Å². The first-order chi connectivity index (χ1) is 9.17. The molecule has 8 heteroatoms. The zero-order valence-electron chi connectivity index (χ0n) is 10.7. The Morgan fingerprint density at radius 1 is 1.10 bits per heavy atom. The summed E-state index contributed by atoms with van der Waals surface area (Å²) < 4.78 is 0. The lowest BCUT2D eigenvalue weighted by atomic mass is 9.96. The van der Waals surface area contributed by atoms with Gasteiger partial charge in [0.25, 0.3) is 0 Å². The normalized spacial score (nSPS) is 10.1. The van der Waals surface area contributed by atoms with Crippen molar-refractivity contribution in [3.8, 4) is 0 Å². The number of nitrogens with zero attached hydrogens (tertiary/aromatic N) is 1. The number of aliphatic hydroxyl groups is 1. The highest BCUT2D eigenvalue weighted by Gasteiger charge is 2.40. The predicted octanol–water partition coefficient (Wildman–Crippen LogP) is 0.142. The zero-order chi connectivity index (χ0) is 15.8. The molecule has 0 fully saturated rings. The van der Waals surface area contributed by atoms with Crippen LogP contribution in [0, 0.1) is 6.92 Å². The van der Waals surface area contributed by atoms with E-state index in [1.807, 2.05) is 25.1 Å². The molecule has 20 heavy (non-hydrogen) atoms. The summed E-state index contributed by atoms with van der Waals surface area (Å²) in [5.41, 5.74) is -1.67. The summed E-state index contributed by atoms with van der Waals surface area (Å²) >= 11 is 0. The molecule has 0 amide bonds. The first-order valence-corrected chi connectivity index (χ1v) is 5.44. The Hall–Kier alpha value is -2.48. The molecule has 8 nitrogen and oxygen atoms in total. The van der Waals surface area contributed by atoms with E-state index >= 15 is 0 Å². The van der Waals surface area contributed by atoms with Crippen molar-refractivity contribution in [2.24, 2.45) is 0 Å². The molecule has 0 aromatic carbocycles. The maximum atomic E-state index is 10.3. The number of hydrogen-bond donors (Lipinski definition) is 4. The molecule has 0 saturated carbocycles. The lowest BCUT2D eigenvalue weighted by Gasteiger charge is -2.18. The van der Waals surface area contributed by atoms with Gasteiger partial charge in [0, 0.05) is 11.9 Å². The molecule has 1 aromatic rings. The molecular formula is C12H15NO7. The number of hydrogen-bond acceptors (Lipinski definition) is 5. The Morgan fingerprint density at radius 3 is 1.80 bits per heavy atom. The fraction of sp³-hybridized carbons (Fsp3) is 0.333. The Balaban J connectivity index is 0.000000428. The van der Waals surface area contributed by atoms with E-state index < -0.39 is 36.4 Å². The second kappa shape index (κ2) is 7.85. The van der Waals surface area contributed by atoms with Gasteiger partial charge in [0.2, 0.25) is 0 Å². The van der Waals surface area contributed by atoms with Gasteiger partial charge in [-0.15, -0.1) is 0 Å². The topological polar surface area (TPSA) is 145 Å². The van der Waals surface area contributed by atoms with E-state index in [1.165, 1.54) is 0 Å². The Kier molecular flexibility index (Phi) is 6.87.